The lowest BCUT2D eigenvalue weighted by molar-refractivity contribution is -0.0163. The zero-order valence-electron chi connectivity index (χ0n) is 10.4. The third-order valence-electron chi connectivity index (χ3n) is 3.01. The molecule has 0 aliphatic carbocycles. The second-order valence-electron chi connectivity index (χ2n) is 4.77. The van der Waals surface area contributed by atoms with E-state index >= 15 is 0 Å². The lowest BCUT2D eigenvalue weighted by Gasteiger charge is -2.31. The third kappa shape index (κ3) is 3.16. The lowest BCUT2D eigenvalue weighted by atomic mass is 9.95. The molecule has 18 heavy (non-hydrogen) atoms. The maximum atomic E-state index is 12.3. The number of hydrogen-bond acceptors (Lipinski definition) is 5. The number of hydrogen-bond donors (Lipinski definition) is 1. The molecule has 102 valence electrons. The number of nitrogens with zero attached hydrogens (tertiary/aromatic N) is 2. The van der Waals surface area contributed by atoms with Crippen LogP contribution in [0.3, 0.4) is 0 Å². The minimum absolute atomic E-state index is 0.0553. The molecule has 0 spiro atoms. The molecule has 0 radical (unpaired) electrons. The zero-order chi connectivity index (χ0) is 13.1. The molecule has 1 fully saturated rings. The summed E-state index contributed by atoms with van der Waals surface area (Å²) in [4.78, 5) is 0. The molecular weight excluding hydrogens is 244 g/mol. The van der Waals surface area contributed by atoms with Gasteiger partial charge in [0.15, 0.2) is 0 Å². The van der Waals surface area contributed by atoms with Crippen LogP contribution in [0.15, 0.2) is 4.42 Å². The maximum absolute atomic E-state index is 12.3. The largest absolute Gasteiger partial charge is 0.402 e. The maximum Gasteiger partial charge on any atom is 0.315 e. The highest BCUT2D eigenvalue weighted by Gasteiger charge is 2.26. The van der Waals surface area contributed by atoms with Crippen LogP contribution in [0.25, 0.3) is 0 Å². The van der Waals surface area contributed by atoms with Crippen LogP contribution in [-0.2, 0) is 4.74 Å². The average Bonchev–Trinajstić information content (AvgIpc) is 2.78. The lowest BCUT2D eigenvalue weighted by Crippen LogP contribution is -2.36. The smallest absolute Gasteiger partial charge is 0.315 e. The summed E-state index contributed by atoms with van der Waals surface area (Å²) >= 11 is 0. The van der Waals surface area contributed by atoms with Crippen LogP contribution in [0, 0.1) is 5.92 Å². The molecule has 0 saturated carbocycles. The van der Waals surface area contributed by atoms with Crippen molar-refractivity contribution >= 4 is 6.01 Å². The van der Waals surface area contributed by atoms with Gasteiger partial charge in [0.25, 0.3) is 5.89 Å². The number of halogens is 2. The van der Waals surface area contributed by atoms with Gasteiger partial charge in [-0.15, -0.1) is 5.10 Å². The fraction of sp³-hybridized carbons (Fsp3) is 0.818. The Morgan fingerprint density at radius 1 is 1.33 bits per heavy atom. The summed E-state index contributed by atoms with van der Waals surface area (Å²) in [5.41, 5.74) is 0. The van der Waals surface area contributed by atoms with E-state index in [2.05, 4.69) is 29.4 Å². The van der Waals surface area contributed by atoms with Gasteiger partial charge in [0.1, 0.15) is 0 Å². The van der Waals surface area contributed by atoms with Crippen LogP contribution >= 0.6 is 0 Å². The summed E-state index contributed by atoms with van der Waals surface area (Å²) in [5, 5.41) is 9.82. The van der Waals surface area contributed by atoms with E-state index in [1.54, 1.807) is 0 Å². The Balaban J connectivity index is 1.92. The predicted octanol–water partition coefficient (Wildman–Crippen LogP) is 2.62. The first-order valence-electron chi connectivity index (χ1n) is 6.06. The minimum Gasteiger partial charge on any atom is -0.402 e. The van der Waals surface area contributed by atoms with Gasteiger partial charge in [0.2, 0.25) is 0 Å². The fourth-order valence-corrected chi connectivity index (χ4v) is 1.98. The Labute approximate surface area is 104 Å². The van der Waals surface area contributed by atoms with Crippen molar-refractivity contribution in [2.45, 2.75) is 45.3 Å². The second-order valence-corrected chi connectivity index (χ2v) is 4.77. The van der Waals surface area contributed by atoms with E-state index in [9.17, 15) is 8.78 Å². The molecule has 1 aliphatic rings. The Morgan fingerprint density at radius 3 is 2.72 bits per heavy atom. The van der Waals surface area contributed by atoms with Gasteiger partial charge in [-0.05, 0) is 18.8 Å². The monoisotopic (exact) mass is 261 g/mol. The molecule has 2 atom stereocenters. The standard InChI is InChI=1S/C11H17F2N3O2/c1-6(2)8-5-7(3-4-17-8)14-11-16-15-10(18-11)9(12)13/h6-9H,3-5H2,1-2H3,(H,14,16)/t7-,8+/m0/s1. The van der Waals surface area contributed by atoms with E-state index in [0.29, 0.717) is 12.5 Å². The molecule has 1 saturated heterocycles. The van der Waals surface area contributed by atoms with Crippen LogP contribution in [-0.4, -0.2) is 29.0 Å². The van der Waals surface area contributed by atoms with Gasteiger partial charge in [-0.2, -0.15) is 8.78 Å². The Hall–Kier alpha value is -1.24. The summed E-state index contributed by atoms with van der Waals surface area (Å²) in [6.07, 6.45) is -0.945. The number of anilines is 1. The molecule has 5 nitrogen and oxygen atoms in total. The summed E-state index contributed by atoms with van der Waals surface area (Å²) < 4.78 is 35.0. The van der Waals surface area contributed by atoms with Crippen molar-refractivity contribution in [2.75, 3.05) is 11.9 Å². The molecule has 2 rings (SSSR count). The normalized spacial score (nSPS) is 24.8. The van der Waals surface area contributed by atoms with Crippen LogP contribution in [0.1, 0.15) is 39.0 Å². The van der Waals surface area contributed by atoms with Crippen molar-refractivity contribution in [1.82, 2.24) is 10.2 Å². The van der Waals surface area contributed by atoms with E-state index in [0.717, 1.165) is 12.8 Å². The summed E-state index contributed by atoms with van der Waals surface area (Å²) in [6.45, 7) is 4.83. The molecule has 0 amide bonds. The number of nitrogens with one attached hydrogen (secondary N) is 1. The van der Waals surface area contributed by atoms with E-state index < -0.39 is 12.3 Å². The molecule has 1 aromatic heterocycles. The number of alkyl halides is 2. The van der Waals surface area contributed by atoms with Crippen LogP contribution in [0.5, 0.6) is 0 Å². The van der Waals surface area contributed by atoms with Crippen LogP contribution in [0.2, 0.25) is 0 Å². The van der Waals surface area contributed by atoms with Gasteiger partial charge < -0.3 is 14.5 Å². The van der Waals surface area contributed by atoms with Gasteiger partial charge in [-0.25, -0.2) is 0 Å². The van der Waals surface area contributed by atoms with Gasteiger partial charge in [0, 0.05) is 12.6 Å². The van der Waals surface area contributed by atoms with Gasteiger partial charge in [-0.1, -0.05) is 18.9 Å². The fourth-order valence-electron chi connectivity index (χ4n) is 1.98. The van der Waals surface area contributed by atoms with E-state index in [1.165, 1.54) is 0 Å². The molecular formula is C11H17F2N3O2. The first-order chi connectivity index (χ1) is 8.56. The topological polar surface area (TPSA) is 60.2 Å². The molecule has 7 heteroatoms. The molecule has 1 N–H and O–H groups in total. The van der Waals surface area contributed by atoms with Crippen molar-refractivity contribution in [3.63, 3.8) is 0 Å². The average molecular weight is 261 g/mol. The third-order valence-corrected chi connectivity index (χ3v) is 3.01. The minimum atomic E-state index is -2.73. The first-order valence-corrected chi connectivity index (χ1v) is 6.06. The van der Waals surface area contributed by atoms with Crippen LogP contribution in [0.4, 0.5) is 14.8 Å². The highest BCUT2D eigenvalue weighted by Crippen LogP contribution is 2.24. The van der Waals surface area contributed by atoms with E-state index in [-0.39, 0.29) is 18.2 Å². The van der Waals surface area contributed by atoms with Crippen molar-refractivity contribution < 1.29 is 17.9 Å². The number of ether oxygens (including phenoxy) is 1. The predicted molar refractivity (Wildman–Crippen MR) is 60.5 cm³/mol. The van der Waals surface area contributed by atoms with E-state index in [4.69, 9.17) is 9.15 Å². The zero-order valence-corrected chi connectivity index (χ0v) is 10.4. The number of rotatable bonds is 4. The van der Waals surface area contributed by atoms with Crippen LogP contribution < -0.4 is 5.32 Å². The molecule has 1 aliphatic heterocycles. The highest BCUT2D eigenvalue weighted by atomic mass is 19.3. The van der Waals surface area contributed by atoms with Crippen molar-refractivity contribution in [3.05, 3.63) is 5.89 Å². The van der Waals surface area contributed by atoms with Crippen molar-refractivity contribution in [2.24, 2.45) is 5.92 Å². The molecule has 1 aromatic rings. The summed E-state index contributed by atoms with van der Waals surface area (Å²) in [7, 11) is 0. The van der Waals surface area contributed by atoms with Gasteiger partial charge in [0.05, 0.1) is 6.10 Å². The Bertz CT molecular complexity index is 384. The molecule has 0 unspecified atom stereocenters. The van der Waals surface area contributed by atoms with E-state index in [1.807, 2.05) is 0 Å². The number of aromatic nitrogens is 2. The summed E-state index contributed by atoms with van der Waals surface area (Å²) in [6, 6.07) is 0.178. The SMILES string of the molecule is CC(C)[C@H]1C[C@@H](Nc2nnc(C(F)F)o2)CCO1. The van der Waals surface area contributed by atoms with Gasteiger partial charge in [-0.3, -0.25) is 0 Å². The van der Waals surface area contributed by atoms with Gasteiger partial charge >= 0.3 is 12.4 Å². The summed E-state index contributed by atoms with van der Waals surface area (Å²) in [5.74, 6) is -0.223. The Kier molecular flexibility index (Phi) is 4.11. The molecule has 0 bridgehead atoms. The first kappa shape index (κ1) is 13.2. The second kappa shape index (κ2) is 5.60. The molecule has 2 heterocycles. The molecule has 0 aromatic carbocycles. The van der Waals surface area contributed by atoms with Crippen molar-refractivity contribution in [3.8, 4) is 0 Å². The van der Waals surface area contributed by atoms with Crippen molar-refractivity contribution in [1.29, 1.82) is 0 Å². The highest BCUT2D eigenvalue weighted by molar-refractivity contribution is 5.20. The quantitative estimate of drug-likeness (QED) is 0.902. The Morgan fingerprint density at radius 2 is 2.11 bits per heavy atom.